The number of anilines is 3. The lowest BCUT2D eigenvalue weighted by Crippen LogP contribution is -2.20. The molecule has 0 radical (unpaired) electrons. The minimum absolute atomic E-state index is 0.103. The van der Waals surface area contributed by atoms with Crippen LogP contribution < -0.4 is 10.5 Å². The second kappa shape index (κ2) is 7.92. The number of para-hydroxylation sites is 3. The number of nitrogens with zero attached hydrogens (tertiary/aromatic N) is 3. The van der Waals surface area contributed by atoms with E-state index in [1.165, 1.54) is 0 Å². The van der Waals surface area contributed by atoms with E-state index in [1.807, 2.05) is 72.8 Å². The molecule has 0 saturated heterocycles. The van der Waals surface area contributed by atoms with Gasteiger partial charge in [0.05, 0.1) is 5.69 Å². The molecule has 0 spiro atoms. The Bertz CT molecular complexity index is 1360. The molecule has 4 heteroatoms. The van der Waals surface area contributed by atoms with Crippen molar-refractivity contribution in [2.24, 2.45) is 0 Å². The van der Waals surface area contributed by atoms with Gasteiger partial charge < -0.3 is 0 Å². The molecule has 0 amide bonds. The van der Waals surface area contributed by atoms with Gasteiger partial charge in [-0.15, -0.1) is 0 Å². The van der Waals surface area contributed by atoms with Crippen molar-refractivity contribution in [1.82, 2.24) is 9.55 Å². The van der Waals surface area contributed by atoms with E-state index in [1.54, 1.807) is 10.6 Å². The minimum Gasteiger partial charge on any atom is -0.295 e. The van der Waals surface area contributed by atoms with Crippen molar-refractivity contribution in [2.75, 3.05) is 4.90 Å². The molecule has 0 fully saturated rings. The lowest BCUT2D eigenvalue weighted by atomic mass is 10.1. The minimum atomic E-state index is -0.103. The summed E-state index contributed by atoms with van der Waals surface area (Å²) in [6, 6.07) is 35.5. The highest BCUT2D eigenvalue weighted by Crippen LogP contribution is 2.34. The highest BCUT2D eigenvalue weighted by atomic mass is 16.1. The zero-order chi connectivity index (χ0) is 21.2. The molecule has 0 aliphatic carbocycles. The molecular weight excluding hydrogens is 382 g/mol. The second-order valence-electron chi connectivity index (χ2n) is 7.38. The molecule has 31 heavy (non-hydrogen) atoms. The average Bonchev–Trinajstić information content (AvgIpc) is 2.81. The lowest BCUT2D eigenvalue weighted by molar-refractivity contribution is 1.01. The third-order valence-corrected chi connectivity index (χ3v) is 5.33. The molecule has 0 unspecified atom stereocenters. The Balaban J connectivity index is 1.81. The first-order valence-electron chi connectivity index (χ1n) is 10.2. The largest absolute Gasteiger partial charge is 0.295 e. The number of rotatable bonds is 4. The number of aromatic nitrogens is 2. The molecule has 0 aliphatic heterocycles. The summed E-state index contributed by atoms with van der Waals surface area (Å²) in [7, 11) is 0. The lowest BCUT2D eigenvalue weighted by Gasteiger charge is -2.25. The molecular formula is C27H21N3O. The fraction of sp³-hybridized carbons (Fsp3) is 0.0370. The number of fused-ring (bicyclic) bond motifs is 1. The molecule has 2 heterocycles. The molecule has 0 bridgehead atoms. The topological polar surface area (TPSA) is 38.1 Å². The van der Waals surface area contributed by atoms with E-state index >= 15 is 0 Å². The average molecular weight is 403 g/mol. The van der Waals surface area contributed by atoms with Crippen LogP contribution in [0.4, 0.5) is 17.2 Å². The Morgan fingerprint density at radius 3 is 1.84 bits per heavy atom. The summed E-state index contributed by atoms with van der Waals surface area (Å²) in [6.45, 7) is 2.06. The van der Waals surface area contributed by atoms with Gasteiger partial charge in [-0.25, -0.2) is 4.98 Å². The van der Waals surface area contributed by atoms with Crippen LogP contribution in [0.25, 0.3) is 16.7 Å². The molecule has 3 aromatic carbocycles. The van der Waals surface area contributed by atoms with Crippen molar-refractivity contribution in [3.05, 3.63) is 125 Å². The van der Waals surface area contributed by atoms with Crippen LogP contribution in [0.5, 0.6) is 0 Å². The summed E-state index contributed by atoms with van der Waals surface area (Å²) in [5.74, 6) is 0.762. The number of aryl methyl sites for hydroxylation is 1. The summed E-state index contributed by atoms with van der Waals surface area (Å²) in [5, 5.41) is 0.952. The third kappa shape index (κ3) is 3.49. The van der Waals surface area contributed by atoms with E-state index < -0.39 is 0 Å². The standard InChI is InChI=1S/C27H21N3O/c1-20-19-25(29(21-11-5-2-6-12-21)22-13-7-3-8-14-22)28-27-24(20)17-18-26(31)30(27)23-15-9-4-10-16-23/h2-19H,1H3. The molecule has 0 atom stereocenters. The van der Waals surface area contributed by atoms with E-state index in [2.05, 4.69) is 42.2 Å². The first-order chi connectivity index (χ1) is 15.2. The first-order valence-corrected chi connectivity index (χ1v) is 10.2. The van der Waals surface area contributed by atoms with E-state index in [-0.39, 0.29) is 5.56 Å². The van der Waals surface area contributed by atoms with Gasteiger partial charge in [-0.1, -0.05) is 54.6 Å². The highest BCUT2D eigenvalue weighted by Gasteiger charge is 2.17. The maximum absolute atomic E-state index is 12.9. The van der Waals surface area contributed by atoms with Crippen LogP contribution in [0, 0.1) is 6.92 Å². The zero-order valence-electron chi connectivity index (χ0n) is 17.1. The summed E-state index contributed by atoms with van der Waals surface area (Å²) >= 11 is 0. The Morgan fingerprint density at radius 1 is 0.710 bits per heavy atom. The molecule has 0 saturated carbocycles. The molecule has 5 aromatic rings. The van der Waals surface area contributed by atoms with Crippen LogP contribution in [0.15, 0.2) is 114 Å². The quantitative estimate of drug-likeness (QED) is 0.360. The van der Waals surface area contributed by atoms with Gasteiger partial charge in [0.25, 0.3) is 5.56 Å². The van der Waals surface area contributed by atoms with Gasteiger partial charge >= 0.3 is 0 Å². The SMILES string of the molecule is Cc1cc(N(c2ccccc2)c2ccccc2)nc2c1ccc(=O)n2-c1ccccc1. The van der Waals surface area contributed by atoms with E-state index in [9.17, 15) is 4.79 Å². The maximum atomic E-state index is 12.9. The van der Waals surface area contributed by atoms with Gasteiger partial charge in [0.2, 0.25) is 0 Å². The normalized spacial score (nSPS) is 10.9. The fourth-order valence-corrected chi connectivity index (χ4v) is 3.87. The van der Waals surface area contributed by atoms with Crippen LogP contribution in [-0.4, -0.2) is 9.55 Å². The van der Waals surface area contributed by atoms with E-state index in [0.29, 0.717) is 5.65 Å². The molecule has 4 nitrogen and oxygen atoms in total. The van der Waals surface area contributed by atoms with Gasteiger partial charge in [-0.2, -0.15) is 0 Å². The van der Waals surface area contributed by atoms with E-state index in [4.69, 9.17) is 4.98 Å². The molecule has 0 aliphatic rings. The predicted molar refractivity (Wildman–Crippen MR) is 127 cm³/mol. The first kappa shape index (κ1) is 18.8. The monoisotopic (exact) mass is 403 g/mol. The van der Waals surface area contributed by atoms with Crippen molar-refractivity contribution < 1.29 is 0 Å². The molecule has 2 aromatic heterocycles. The smallest absolute Gasteiger partial charge is 0.256 e. The van der Waals surface area contributed by atoms with Crippen LogP contribution in [0.3, 0.4) is 0 Å². The third-order valence-electron chi connectivity index (χ3n) is 5.33. The fourth-order valence-electron chi connectivity index (χ4n) is 3.87. The van der Waals surface area contributed by atoms with Crippen molar-refractivity contribution in [1.29, 1.82) is 0 Å². The second-order valence-corrected chi connectivity index (χ2v) is 7.38. The summed E-state index contributed by atoms with van der Waals surface area (Å²) < 4.78 is 1.68. The van der Waals surface area contributed by atoms with Crippen molar-refractivity contribution in [3.63, 3.8) is 0 Å². The number of hydrogen-bond donors (Lipinski definition) is 0. The molecule has 150 valence electrons. The maximum Gasteiger partial charge on any atom is 0.256 e. The molecule has 0 N–H and O–H groups in total. The number of hydrogen-bond acceptors (Lipinski definition) is 3. The van der Waals surface area contributed by atoms with Crippen LogP contribution in [-0.2, 0) is 0 Å². The Labute approximate surface area is 180 Å². The van der Waals surface area contributed by atoms with Crippen molar-refractivity contribution in [2.45, 2.75) is 6.92 Å². The summed E-state index contributed by atoms with van der Waals surface area (Å²) in [6.07, 6.45) is 0. The van der Waals surface area contributed by atoms with Gasteiger partial charge in [0.15, 0.2) is 0 Å². The molecule has 5 rings (SSSR count). The van der Waals surface area contributed by atoms with Gasteiger partial charge in [0.1, 0.15) is 11.5 Å². The van der Waals surface area contributed by atoms with Crippen LogP contribution >= 0.6 is 0 Å². The van der Waals surface area contributed by atoms with Gasteiger partial charge in [0, 0.05) is 22.8 Å². The van der Waals surface area contributed by atoms with Crippen molar-refractivity contribution >= 4 is 28.2 Å². The highest BCUT2D eigenvalue weighted by molar-refractivity contribution is 5.85. The Morgan fingerprint density at radius 2 is 1.26 bits per heavy atom. The zero-order valence-corrected chi connectivity index (χ0v) is 17.1. The van der Waals surface area contributed by atoms with Crippen LogP contribution in [0.1, 0.15) is 5.56 Å². The van der Waals surface area contributed by atoms with E-state index in [0.717, 1.165) is 33.8 Å². The summed E-state index contributed by atoms with van der Waals surface area (Å²) in [5.41, 5.74) is 4.41. The number of benzene rings is 3. The number of pyridine rings is 2. The Hall–Kier alpha value is -4.18. The van der Waals surface area contributed by atoms with Gasteiger partial charge in [-0.3, -0.25) is 14.3 Å². The van der Waals surface area contributed by atoms with Gasteiger partial charge in [-0.05, 0) is 61.0 Å². The Kier molecular flexibility index (Phi) is 4.81. The van der Waals surface area contributed by atoms with Crippen LogP contribution in [0.2, 0.25) is 0 Å². The van der Waals surface area contributed by atoms with Crippen molar-refractivity contribution in [3.8, 4) is 5.69 Å². The summed E-state index contributed by atoms with van der Waals surface area (Å²) in [4.78, 5) is 20.0. The predicted octanol–water partition coefficient (Wildman–Crippen LogP) is 6.16.